The number of allylic oxidation sites excluding steroid dienone is 4. The minimum absolute atomic E-state index is 0. The third-order valence-corrected chi connectivity index (χ3v) is 20.0. The van der Waals surface area contributed by atoms with E-state index in [9.17, 15) is 29.8 Å². The van der Waals surface area contributed by atoms with Gasteiger partial charge < -0.3 is 25.0 Å². The zero-order valence-electron chi connectivity index (χ0n) is 43.3. The van der Waals surface area contributed by atoms with Gasteiger partial charge in [-0.2, -0.15) is 0 Å². The molecule has 0 spiro atoms. The predicted molar refractivity (Wildman–Crippen MR) is 265 cm³/mol. The van der Waals surface area contributed by atoms with E-state index in [1.165, 1.54) is 64.2 Å². The van der Waals surface area contributed by atoms with Crippen LogP contribution in [0.4, 0.5) is 0 Å². The van der Waals surface area contributed by atoms with Gasteiger partial charge in [-0.05, 0) is 136 Å². The minimum atomic E-state index is -2.81. The number of aliphatic hydroxyl groups is 4. The van der Waals surface area contributed by atoms with Crippen molar-refractivity contribution in [3.63, 3.8) is 0 Å². The quantitative estimate of drug-likeness (QED) is 0.147. The first-order valence-corrected chi connectivity index (χ1v) is 26.9. The predicted octanol–water partition coefficient (Wildman–Crippen LogP) is 11.6. The van der Waals surface area contributed by atoms with Gasteiger partial charge in [-0.3, -0.25) is 4.79 Å². The maximum atomic E-state index is 13.9. The number of hydrogen-bond acceptors (Lipinski definition) is 6. The number of benzene rings is 2. The van der Waals surface area contributed by atoms with Crippen LogP contribution in [0.3, 0.4) is 0 Å². The van der Waals surface area contributed by atoms with Crippen molar-refractivity contribution in [3.8, 4) is 0 Å². The zero-order valence-corrected chi connectivity index (χ0v) is 61.2. The van der Waals surface area contributed by atoms with Crippen molar-refractivity contribution in [1.82, 2.24) is 0 Å². The van der Waals surface area contributed by atoms with Gasteiger partial charge >= 0.3 is 0 Å². The first kappa shape index (κ1) is 73.5. The molecular weight excluding hydrogens is 1350 g/mol. The Morgan fingerprint density at radius 3 is 1.66 bits per heavy atom. The van der Waals surface area contributed by atoms with E-state index in [-0.39, 0.29) is 196 Å². The van der Waals surface area contributed by atoms with Crippen LogP contribution in [-0.2, 0) is 206 Å². The summed E-state index contributed by atoms with van der Waals surface area (Å²) in [5, 5.41) is 41.8. The SMILES string of the molecule is C=C1[C@H](O)CC(=C/C=C2\CCC[C@]3(C)C([C@@H](C)CC)CC[C@@H]23)C[C@H]1O.C=C1[C@H](O)CC(=CCP(=O)(c2ccccc2)c2ccccc2)C[C@H]1O.CC[C@H](C)C1CC[C@H]2C(=O)CCCC12.[Y].[Y].[Y].[Y].[Y].[Y]. The topological polar surface area (TPSA) is 115 Å². The largest absolute Gasteiger partial charge is 0.388 e. The molecule has 6 aliphatic carbocycles. The summed E-state index contributed by atoms with van der Waals surface area (Å²) in [5.74, 6) is 5.89. The zero-order chi connectivity index (χ0) is 46.2. The molecule has 0 bridgehead atoms. The van der Waals surface area contributed by atoms with Gasteiger partial charge in [0.2, 0.25) is 0 Å². The second kappa shape index (κ2) is 35.3. The monoisotopic (exact) mass is 1430 g/mol. The molecule has 4 N–H and O–H groups in total. The van der Waals surface area contributed by atoms with E-state index in [1.54, 1.807) is 5.57 Å². The van der Waals surface area contributed by atoms with Crippen molar-refractivity contribution in [3.05, 3.63) is 120 Å². The summed E-state index contributed by atoms with van der Waals surface area (Å²) >= 11 is 0. The number of carbonyl (C=O) groups is 1. The molecule has 0 aliphatic heterocycles. The first-order valence-electron chi connectivity index (χ1n) is 25.0. The fourth-order valence-corrected chi connectivity index (χ4v) is 15.3. The van der Waals surface area contributed by atoms with Crippen molar-refractivity contribution in [2.24, 2.45) is 46.8 Å². The van der Waals surface area contributed by atoms with Gasteiger partial charge in [-0.25, -0.2) is 0 Å². The van der Waals surface area contributed by atoms with Crippen molar-refractivity contribution in [2.75, 3.05) is 6.16 Å². The van der Waals surface area contributed by atoms with Crippen LogP contribution >= 0.6 is 7.14 Å². The molecular formula is C57H81O6PY6. The summed E-state index contributed by atoms with van der Waals surface area (Å²) in [6.45, 7) is 19.5. The Balaban J connectivity index is 0.00000101. The second-order valence-electron chi connectivity index (χ2n) is 20.8. The summed E-state index contributed by atoms with van der Waals surface area (Å²) in [7, 11) is -2.81. The molecule has 3 unspecified atom stereocenters. The number of fused-ring (bicyclic) bond motifs is 2. The van der Waals surface area contributed by atoms with E-state index in [0.717, 1.165) is 70.1 Å². The fraction of sp³-hybridized carbons (Fsp3) is 0.596. The van der Waals surface area contributed by atoms with E-state index in [2.05, 4.69) is 59.9 Å². The van der Waals surface area contributed by atoms with E-state index >= 15 is 0 Å². The molecule has 8 rings (SSSR count). The van der Waals surface area contributed by atoms with Gasteiger partial charge in [0.05, 0.1) is 24.4 Å². The number of ketones is 1. The third-order valence-electron chi connectivity index (χ3n) is 17.0. The van der Waals surface area contributed by atoms with Crippen LogP contribution in [0.15, 0.2) is 120 Å². The maximum Gasteiger partial charge on any atom is 0.146 e. The molecule has 6 aliphatic rings. The Kier molecular flexibility index (Phi) is 37.0. The standard InChI is InChI=1S/C23H36O2.C21H23O3P.C13H22O.6Y/c1-5-15(2)19-10-11-20-18(7-6-12-23(19,20)4)9-8-17-13-21(24)16(3)22(25)14-17;1-16-20(22)14-17(15-21(16)23)12-13-25(24,18-8-4-2-5-9-18)19-10-6-3-7-11-19;1-3-9(2)10-7-8-12-11(10)5-4-6-13(12)14;;;;;;/h8-9,15,19-22,24-25H,3,5-7,10-14H2,1-2,4H3;2-12,20-23H,1,13-15H2;9-12H,3-8H2,1-2H3;;;;;;/b18-9+;;;;;;;;/t15-,19?,20-,21+,22+,23+;20-,21-;9-,10?,11?,12+;;;;;;/m010....../s1. The van der Waals surface area contributed by atoms with Gasteiger partial charge in [0.25, 0.3) is 0 Å². The van der Waals surface area contributed by atoms with Crippen molar-refractivity contribution in [1.29, 1.82) is 0 Å². The Labute approximate surface area is 574 Å². The number of rotatable bonds is 9. The van der Waals surface area contributed by atoms with Crippen molar-refractivity contribution >= 4 is 23.5 Å². The van der Waals surface area contributed by atoms with E-state index in [0.29, 0.717) is 60.1 Å². The minimum Gasteiger partial charge on any atom is -0.388 e. The molecule has 2 aromatic rings. The third kappa shape index (κ3) is 18.8. The molecule has 6 fully saturated rings. The molecule has 368 valence electrons. The number of hydrogen-bond donors (Lipinski definition) is 4. The normalized spacial score (nSPS) is 30.4. The summed E-state index contributed by atoms with van der Waals surface area (Å²) in [5.41, 5.74) is 5.20. The summed E-state index contributed by atoms with van der Waals surface area (Å²) < 4.78 is 13.9. The molecule has 70 heavy (non-hydrogen) atoms. The van der Waals surface area contributed by atoms with E-state index in [1.807, 2.05) is 66.7 Å². The summed E-state index contributed by atoms with van der Waals surface area (Å²) in [6.07, 6.45) is 21.4. The molecule has 0 amide bonds. The summed E-state index contributed by atoms with van der Waals surface area (Å²) in [4.78, 5) is 11.7. The van der Waals surface area contributed by atoms with Crippen LogP contribution < -0.4 is 10.6 Å². The van der Waals surface area contributed by atoms with Crippen LogP contribution in [0.5, 0.6) is 0 Å². The van der Waals surface area contributed by atoms with Crippen LogP contribution in [0, 0.1) is 46.8 Å². The molecule has 6 nitrogen and oxygen atoms in total. The van der Waals surface area contributed by atoms with Crippen LogP contribution in [0.1, 0.15) is 137 Å². The van der Waals surface area contributed by atoms with Crippen LogP contribution in [0.2, 0.25) is 0 Å². The molecule has 0 heterocycles. The van der Waals surface area contributed by atoms with Crippen molar-refractivity contribution < 1.29 is 226 Å². The Morgan fingerprint density at radius 1 is 0.657 bits per heavy atom. The second-order valence-corrected chi connectivity index (χ2v) is 23.7. The first-order chi connectivity index (χ1) is 30.6. The molecule has 0 saturated heterocycles. The van der Waals surface area contributed by atoms with Crippen LogP contribution in [-0.4, -0.2) is 56.8 Å². The number of aliphatic hydroxyl groups excluding tert-OH is 4. The van der Waals surface area contributed by atoms with Gasteiger partial charge in [0, 0.05) is 225 Å². The van der Waals surface area contributed by atoms with E-state index < -0.39 is 31.6 Å². The van der Waals surface area contributed by atoms with Gasteiger partial charge in [-0.15, -0.1) is 0 Å². The van der Waals surface area contributed by atoms with Crippen molar-refractivity contribution in [2.45, 2.75) is 162 Å². The van der Waals surface area contributed by atoms with Gasteiger partial charge in [0.1, 0.15) is 12.9 Å². The summed E-state index contributed by atoms with van der Waals surface area (Å²) in [6, 6.07) is 19.0. The van der Waals surface area contributed by atoms with E-state index in [4.69, 9.17) is 0 Å². The Morgan fingerprint density at radius 2 is 1.16 bits per heavy atom. The maximum absolute atomic E-state index is 13.9. The average Bonchev–Trinajstić information content (AvgIpc) is 3.91. The number of Topliss-reactive ketones (excluding diaryl/α,β-unsaturated/α-hetero) is 1. The van der Waals surface area contributed by atoms with Gasteiger partial charge in [0.15, 0.2) is 0 Å². The molecule has 13 heteroatoms. The smallest absolute Gasteiger partial charge is 0.146 e. The Hall–Kier alpha value is 3.50. The average molecular weight is 1430 g/mol. The van der Waals surface area contributed by atoms with Crippen LogP contribution in [0.25, 0.3) is 0 Å². The molecule has 2 aromatic carbocycles. The molecule has 6 saturated carbocycles. The molecule has 0 aromatic heterocycles. The number of carbonyl (C=O) groups excluding carboxylic acids is 1. The fourth-order valence-electron chi connectivity index (χ4n) is 12.7. The molecule has 6 radical (unpaired) electrons. The molecule has 12 atom stereocenters. The Bertz CT molecular complexity index is 1990. The van der Waals surface area contributed by atoms with Gasteiger partial charge in [-0.1, -0.05) is 156 Å².